The number of methoxy groups -OCH3 is 1. The van der Waals surface area contributed by atoms with E-state index in [9.17, 15) is 14.4 Å². The number of halogens is 2. The van der Waals surface area contributed by atoms with E-state index in [4.69, 9.17) is 21.1 Å². The second kappa shape index (κ2) is 11.4. The molecule has 0 unspecified atom stereocenters. The van der Waals surface area contributed by atoms with Gasteiger partial charge in [0.2, 0.25) is 0 Å². The fraction of sp³-hybridized carbons (Fsp3) is 0.0833. The molecule has 0 aliphatic heterocycles. The minimum Gasteiger partial charge on any atom is -0.493 e. The van der Waals surface area contributed by atoms with E-state index in [0.717, 1.165) is 10.0 Å². The molecule has 0 atom stereocenters. The smallest absolute Gasteiger partial charge is 0.343 e. The van der Waals surface area contributed by atoms with E-state index in [0.29, 0.717) is 21.8 Å². The van der Waals surface area contributed by atoms with Gasteiger partial charge in [-0.15, -0.1) is 0 Å². The Morgan fingerprint density at radius 1 is 1.00 bits per heavy atom. The van der Waals surface area contributed by atoms with Gasteiger partial charge in [-0.1, -0.05) is 39.7 Å². The minimum atomic E-state index is -0.959. The number of hydrogen-bond donors (Lipinski definition) is 2. The van der Waals surface area contributed by atoms with Gasteiger partial charge in [-0.05, 0) is 66.6 Å². The molecule has 0 fully saturated rings. The maximum absolute atomic E-state index is 12.4. The van der Waals surface area contributed by atoms with Crippen LogP contribution >= 0.6 is 27.5 Å². The van der Waals surface area contributed by atoms with Crippen LogP contribution in [0.15, 0.2) is 70.2 Å². The summed E-state index contributed by atoms with van der Waals surface area (Å²) in [4.78, 5) is 36.4. The average molecular weight is 545 g/mol. The molecule has 0 aliphatic rings. The lowest BCUT2D eigenvalue weighted by Gasteiger charge is -2.10. The van der Waals surface area contributed by atoms with Crippen molar-refractivity contribution in [2.24, 2.45) is 5.10 Å². The fourth-order valence-corrected chi connectivity index (χ4v) is 3.28. The number of hydrogen-bond acceptors (Lipinski definition) is 6. The fourth-order valence-electron chi connectivity index (χ4n) is 2.70. The Morgan fingerprint density at radius 3 is 2.50 bits per heavy atom. The molecular weight excluding hydrogens is 526 g/mol. The van der Waals surface area contributed by atoms with Crippen LogP contribution < -0.4 is 20.2 Å². The van der Waals surface area contributed by atoms with Crippen LogP contribution in [0.25, 0.3) is 0 Å². The van der Waals surface area contributed by atoms with Gasteiger partial charge in [0, 0.05) is 15.2 Å². The number of amides is 2. The number of carbonyl (C=O) groups is 3. The van der Waals surface area contributed by atoms with Gasteiger partial charge in [-0.3, -0.25) is 9.59 Å². The van der Waals surface area contributed by atoms with Crippen LogP contribution in [0, 0.1) is 6.92 Å². The van der Waals surface area contributed by atoms with Crippen molar-refractivity contribution in [3.63, 3.8) is 0 Å². The summed E-state index contributed by atoms with van der Waals surface area (Å²) >= 11 is 9.33. The van der Waals surface area contributed by atoms with E-state index in [-0.39, 0.29) is 11.5 Å². The summed E-state index contributed by atoms with van der Waals surface area (Å²) in [5.41, 5.74) is 4.28. The molecule has 3 rings (SSSR count). The Bertz CT molecular complexity index is 1280. The predicted molar refractivity (Wildman–Crippen MR) is 133 cm³/mol. The first kappa shape index (κ1) is 24.9. The van der Waals surface area contributed by atoms with Crippen LogP contribution in [-0.4, -0.2) is 31.1 Å². The minimum absolute atomic E-state index is 0.213. The lowest BCUT2D eigenvalue weighted by molar-refractivity contribution is -0.136. The lowest BCUT2D eigenvalue weighted by Crippen LogP contribution is -2.32. The summed E-state index contributed by atoms with van der Waals surface area (Å²) in [6.07, 6.45) is 1.32. The zero-order valence-electron chi connectivity index (χ0n) is 18.1. The molecule has 0 spiro atoms. The van der Waals surface area contributed by atoms with Gasteiger partial charge < -0.3 is 14.8 Å². The van der Waals surface area contributed by atoms with Crippen molar-refractivity contribution in [2.45, 2.75) is 6.92 Å². The van der Waals surface area contributed by atoms with Crippen LogP contribution in [0.4, 0.5) is 5.69 Å². The molecule has 34 heavy (non-hydrogen) atoms. The van der Waals surface area contributed by atoms with Crippen molar-refractivity contribution in [3.05, 3.63) is 86.8 Å². The van der Waals surface area contributed by atoms with Crippen molar-refractivity contribution in [2.75, 3.05) is 12.4 Å². The van der Waals surface area contributed by atoms with Crippen LogP contribution in [0.1, 0.15) is 21.5 Å². The molecule has 174 valence electrons. The molecule has 0 saturated carbocycles. The van der Waals surface area contributed by atoms with Gasteiger partial charge in [0.15, 0.2) is 11.5 Å². The van der Waals surface area contributed by atoms with E-state index >= 15 is 0 Å². The van der Waals surface area contributed by atoms with E-state index < -0.39 is 17.8 Å². The Morgan fingerprint density at radius 2 is 1.79 bits per heavy atom. The zero-order chi connectivity index (χ0) is 24.7. The Kier molecular flexibility index (Phi) is 8.39. The standard InChI is InChI=1S/C24H19BrClN3O5/c1-14-6-8-18(12-19(14)26)28-22(30)23(31)29-27-13-15-7-9-20(21(10-15)33-2)34-24(32)16-4-3-5-17(25)11-16/h3-13H,1-2H3,(H,28,30)(H,29,31). The lowest BCUT2D eigenvalue weighted by atomic mass is 10.2. The molecule has 0 aliphatic carbocycles. The Balaban J connectivity index is 1.61. The van der Waals surface area contributed by atoms with Crippen molar-refractivity contribution in [3.8, 4) is 11.5 Å². The molecule has 3 aromatic carbocycles. The normalized spacial score (nSPS) is 10.6. The first-order chi connectivity index (χ1) is 16.3. The number of rotatable bonds is 6. The number of esters is 1. The molecule has 8 nitrogen and oxygen atoms in total. The third-order valence-electron chi connectivity index (χ3n) is 4.47. The molecule has 3 aromatic rings. The van der Waals surface area contributed by atoms with Crippen molar-refractivity contribution >= 4 is 57.2 Å². The molecule has 2 amide bonds. The second-order valence-corrected chi connectivity index (χ2v) is 8.25. The highest BCUT2D eigenvalue weighted by Gasteiger charge is 2.15. The molecule has 10 heteroatoms. The Hall–Kier alpha value is -3.69. The summed E-state index contributed by atoms with van der Waals surface area (Å²) in [6, 6.07) is 16.4. The van der Waals surface area contributed by atoms with Gasteiger partial charge in [0.05, 0.1) is 18.9 Å². The van der Waals surface area contributed by atoms with Crippen LogP contribution in [0.3, 0.4) is 0 Å². The first-order valence-corrected chi connectivity index (χ1v) is 11.0. The SMILES string of the molecule is COc1cc(C=NNC(=O)C(=O)Nc2ccc(C)c(Cl)c2)ccc1OC(=O)c1cccc(Br)c1. The summed E-state index contributed by atoms with van der Waals surface area (Å²) in [5.74, 6) is -1.91. The molecular formula is C24H19BrClN3O5. The zero-order valence-corrected chi connectivity index (χ0v) is 20.4. The second-order valence-electron chi connectivity index (χ2n) is 6.93. The van der Waals surface area contributed by atoms with Crippen LogP contribution in [0.5, 0.6) is 11.5 Å². The predicted octanol–water partition coefficient (Wildman–Crippen LogP) is 4.73. The maximum Gasteiger partial charge on any atom is 0.343 e. The van der Waals surface area contributed by atoms with Crippen LogP contribution in [0.2, 0.25) is 5.02 Å². The number of nitrogens with one attached hydrogen (secondary N) is 2. The topological polar surface area (TPSA) is 106 Å². The summed E-state index contributed by atoms with van der Waals surface area (Å²) < 4.78 is 11.5. The summed E-state index contributed by atoms with van der Waals surface area (Å²) in [7, 11) is 1.43. The molecule has 0 heterocycles. The molecule has 0 bridgehead atoms. The molecule has 0 radical (unpaired) electrons. The highest BCUT2D eigenvalue weighted by Crippen LogP contribution is 2.28. The van der Waals surface area contributed by atoms with Crippen molar-refractivity contribution in [1.82, 2.24) is 5.43 Å². The highest BCUT2D eigenvalue weighted by atomic mass is 79.9. The van der Waals surface area contributed by atoms with Crippen LogP contribution in [-0.2, 0) is 9.59 Å². The van der Waals surface area contributed by atoms with E-state index in [2.05, 4.69) is 31.8 Å². The number of aryl methyl sites for hydroxylation is 1. The number of benzene rings is 3. The number of anilines is 1. The highest BCUT2D eigenvalue weighted by molar-refractivity contribution is 9.10. The van der Waals surface area contributed by atoms with Gasteiger partial charge in [0.25, 0.3) is 0 Å². The quantitative estimate of drug-likeness (QED) is 0.153. The number of carbonyl (C=O) groups excluding carboxylic acids is 3. The summed E-state index contributed by atoms with van der Waals surface area (Å²) in [5, 5.41) is 6.69. The van der Waals surface area contributed by atoms with E-state index in [1.54, 1.807) is 54.6 Å². The molecule has 2 N–H and O–H groups in total. The van der Waals surface area contributed by atoms with Crippen molar-refractivity contribution in [1.29, 1.82) is 0 Å². The first-order valence-electron chi connectivity index (χ1n) is 9.83. The number of ether oxygens (including phenoxy) is 2. The third-order valence-corrected chi connectivity index (χ3v) is 5.37. The molecule has 0 aromatic heterocycles. The largest absolute Gasteiger partial charge is 0.493 e. The van der Waals surface area contributed by atoms with Crippen molar-refractivity contribution < 1.29 is 23.9 Å². The number of hydrazone groups is 1. The van der Waals surface area contributed by atoms with Gasteiger partial charge in [-0.2, -0.15) is 5.10 Å². The Labute approximate surface area is 209 Å². The van der Waals surface area contributed by atoms with E-state index in [1.165, 1.54) is 19.4 Å². The van der Waals surface area contributed by atoms with Gasteiger partial charge in [-0.25, -0.2) is 10.2 Å². The number of nitrogens with zero attached hydrogens (tertiary/aromatic N) is 1. The summed E-state index contributed by atoms with van der Waals surface area (Å²) in [6.45, 7) is 1.82. The average Bonchev–Trinajstić information content (AvgIpc) is 2.82. The van der Waals surface area contributed by atoms with Gasteiger partial charge >= 0.3 is 17.8 Å². The monoisotopic (exact) mass is 543 g/mol. The van der Waals surface area contributed by atoms with E-state index in [1.807, 2.05) is 6.92 Å². The van der Waals surface area contributed by atoms with Gasteiger partial charge in [0.1, 0.15) is 0 Å². The third kappa shape index (κ3) is 6.66. The molecule has 0 saturated heterocycles. The maximum atomic E-state index is 12.4.